The minimum atomic E-state index is -0.351. The Labute approximate surface area is 138 Å². The van der Waals surface area contributed by atoms with E-state index in [4.69, 9.17) is 16.3 Å². The van der Waals surface area contributed by atoms with Gasteiger partial charge in [0.15, 0.2) is 0 Å². The number of thioether (sulfide) groups is 1. The van der Waals surface area contributed by atoms with Crippen LogP contribution in [0.15, 0.2) is 17.3 Å². The second-order valence-corrected chi connectivity index (χ2v) is 6.47. The topological polar surface area (TPSA) is 79.9 Å². The van der Waals surface area contributed by atoms with Gasteiger partial charge in [-0.2, -0.15) is 0 Å². The van der Waals surface area contributed by atoms with Gasteiger partial charge in [0.05, 0.1) is 18.0 Å². The van der Waals surface area contributed by atoms with Crippen molar-refractivity contribution in [2.24, 2.45) is 0 Å². The van der Waals surface area contributed by atoms with Gasteiger partial charge in [-0.25, -0.2) is 4.98 Å². The lowest BCUT2D eigenvalue weighted by Crippen LogP contribution is -2.23. The van der Waals surface area contributed by atoms with Gasteiger partial charge in [0.2, 0.25) is 11.1 Å². The van der Waals surface area contributed by atoms with Gasteiger partial charge in [0.25, 0.3) is 0 Å². The number of ether oxygens (including phenoxy) is 1. The predicted octanol–water partition coefficient (Wildman–Crippen LogP) is 3.20. The molecule has 1 unspecified atom stereocenters. The lowest BCUT2D eigenvalue weighted by Gasteiger charge is -2.14. The summed E-state index contributed by atoms with van der Waals surface area (Å²) in [6, 6.07) is 3.47. The molecule has 0 radical (unpaired) electrons. The highest BCUT2D eigenvalue weighted by Crippen LogP contribution is 2.31. The summed E-state index contributed by atoms with van der Waals surface area (Å²) >= 11 is 7.34. The SMILES string of the molecule is COc1cc(Cl)c(C)cc1NC(=O)C(C)Sc1n[nH]c(C)n1. The van der Waals surface area contributed by atoms with E-state index in [1.54, 1.807) is 19.1 Å². The Bertz CT molecular complexity index is 689. The molecule has 2 rings (SSSR count). The minimum absolute atomic E-state index is 0.160. The summed E-state index contributed by atoms with van der Waals surface area (Å²) < 4.78 is 5.25. The highest BCUT2D eigenvalue weighted by molar-refractivity contribution is 8.00. The number of benzene rings is 1. The average Bonchev–Trinajstić information content (AvgIpc) is 2.87. The number of halogens is 1. The van der Waals surface area contributed by atoms with Crippen molar-refractivity contribution in [3.8, 4) is 5.75 Å². The summed E-state index contributed by atoms with van der Waals surface area (Å²) in [5, 5.41) is 10.4. The normalized spacial score (nSPS) is 12.0. The van der Waals surface area contributed by atoms with Crippen molar-refractivity contribution in [3.63, 3.8) is 0 Å². The van der Waals surface area contributed by atoms with E-state index in [1.165, 1.54) is 18.9 Å². The van der Waals surface area contributed by atoms with Crippen molar-refractivity contribution in [1.29, 1.82) is 0 Å². The number of aromatic amines is 1. The summed E-state index contributed by atoms with van der Waals surface area (Å²) in [7, 11) is 1.53. The average molecular weight is 341 g/mol. The van der Waals surface area contributed by atoms with E-state index in [2.05, 4.69) is 20.5 Å². The van der Waals surface area contributed by atoms with Gasteiger partial charge in [-0.15, -0.1) is 5.10 Å². The van der Waals surface area contributed by atoms with Gasteiger partial charge in [-0.3, -0.25) is 9.89 Å². The lowest BCUT2D eigenvalue weighted by atomic mass is 10.2. The van der Waals surface area contributed by atoms with Crippen molar-refractivity contribution in [1.82, 2.24) is 15.2 Å². The van der Waals surface area contributed by atoms with Gasteiger partial charge in [0.1, 0.15) is 11.6 Å². The fourth-order valence-corrected chi connectivity index (χ4v) is 2.67. The fourth-order valence-electron chi connectivity index (χ4n) is 1.75. The Balaban J connectivity index is 2.09. The summed E-state index contributed by atoms with van der Waals surface area (Å²) in [5.74, 6) is 1.08. The second-order valence-electron chi connectivity index (χ2n) is 4.75. The first kappa shape index (κ1) is 16.6. The molecule has 2 N–H and O–H groups in total. The maximum absolute atomic E-state index is 12.3. The number of carbonyl (C=O) groups is 1. The molecule has 1 aromatic carbocycles. The molecule has 0 saturated heterocycles. The molecular formula is C14H17ClN4O2S. The quantitative estimate of drug-likeness (QED) is 0.817. The molecule has 1 aromatic heterocycles. The van der Waals surface area contributed by atoms with Crippen LogP contribution < -0.4 is 10.1 Å². The van der Waals surface area contributed by atoms with Crippen molar-refractivity contribution < 1.29 is 9.53 Å². The molecule has 118 valence electrons. The van der Waals surface area contributed by atoms with Crippen molar-refractivity contribution >= 4 is 35.0 Å². The number of hydrogen-bond acceptors (Lipinski definition) is 5. The van der Waals surface area contributed by atoms with E-state index in [1.807, 2.05) is 13.8 Å². The van der Waals surface area contributed by atoms with Crippen LogP contribution in [-0.4, -0.2) is 33.4 Å². The maximum Gasteiger partial charge on any atom is 0.237 e. The highest BCUT2D eigenvalue weighted by atomic mass is 35.5. The smallest absolute Gasteiger partial charge is 0.237 e. The van der Waals surface area contributed by atoms with Crippen LogP contribution in [0.25, 0.3) is 0 Å². The number of anilines is 1. The number of aromatic nitrogens is 3. The summed E-state index contributed by atoms with van der Waals surface area (Å²) in [6.45, 7) is 5.47. The first-order valence-electron chi connectivity index (χ1n) is 6.61. The van der Waals surface area contributed by atoms with Crippen LogP contribution in [0.3, 0.4) is 0 Å². The molecule has 0 spiro atoms. The van der Waals surface area contributed by atoms with Crippen molar-refractivity contribution in [2.45, 2.75) is 31.2 Å². The number of hydrogen-bond donors (Lipinski definition) is 2. The predicted molar refractivity (Wildman–Crippen MR) is 87.8 cm³/mol. The molecule has 0 saturated carbocycles. The number of H-pyrrole nitrogens is 1. The number of rotatable bonds is 5. The first-order chi connectivity index (χ1) is 10.4. The van der Waals surface area contributed by atoms with Crippen molar-refractivity contribution in [2.75, 3.05) is 12.4 Å². The molecule has 1 atom stereocenters. The van der Waals surface area contributed by atoms with Crippen LogP contribution in [0.1, 0.15) is 18.3 Å². The van der Waals surface area contributed by atoms with Crippen LogP contribution in [-0.2, 0) is 4.79 Å². The van der Waals surface area contributed by atoms with E-state index in [9.17, 15) is 4.79 Å². The van der Waals surface area contributed by atoms with Crippen molar-refractivity contribution in [3.05, 3.63) is 28.5 Å². The van der Waals surface area contributed by atoms with Crippen LogP contribution in [0.4, 0.5) is 5.69 Å². The van der Waals surface area contributed by atoms with Crippen LogP contribution >= 0.6 is 23.4 Å². The molecule has 22 heavy (non-hydrogen) atoms. The third-order valence-electron chi connectivity index (χ3n) is 2.97. The fraction of sp³-hybridized carbons (Fsp3) is 0.357. The summed E-state index contributed by atoms with van der Waals surface area (Å²) in [4.78, 5) is 16.5. The number of nitrogens with one attached hydrogen (secondary N) is 2. The van der Waals surface area contributed by atoms with Crippen LogP contribution in [0, 0.1) is 13.8 Å². The Morgan fingerprint density at radius 2 is 2.18 bits per heavy atom. The third-order valence-corrected chi connectivity index (χ3v) is 4.33. The molecule has 0 aliphatic rings. The Morgan fingerprint density at radius 1 is 1.45 bits per heavy atom. The number of amides is 1. The van der Waals surface area contributed by atoms with E-state index in [0.717, 1.165) is 5.56 Å². The van der Waals surface area contributed by atoms with E-state index in [0.29, 0.717) is 27.4 Å². The standard InChI is InChI=1S/C14H17ClN4O2S/c1-7-5-11(12(21-4)6-10(7)15)17-13(20)8(2)22-14-16-9(3)18-19-14/h5-6,8H,1-4H3,(H,17,20)(H,16,18,19). The molecule has 0 aliphatic heterocycles. The molecule has 8 heteroatoms. The Hall–Kier alpha value is -1.73. The molecular weight excluding hydrogens is 324 g/mol. The monoisotopic (exact) mass is 340 g/mol. The zero-order valence-corrected chi connectivity index (χ0v) is 14.3. The van der Waals surface area contributed by atoms with Gasteiger partial charge in [0, 0.05) is 11.1 Å². The zero-order chi connectivity index (χ0) is 16.3. The summed E-state index contributed by atoms with van der Waals surface area (Å²) in [5.41, 5.74) is 1.45. The van der Waals surface area contributed by atoms with Gasteiger partial charge in [-0.1, -0.05) is 23.4 Å². The van der Waals surface area contributed by atoms with E-state index >= 15 is 0 Å². The highest BCUT2D eigenvalue weighted by Gasteiger charge is 2.19. The first-order valence-corrected chi connectivity index (χ1v) is 7.87. The van der Waals surface area contributed by atoms with Gasteiger partial charge in [-0.05, 0) is 32.4 Å². The minimum Gasteiger partial charge on any atom is -0.495 e. The molecule has 0 bridgehead atoms. The molecule has 0 aliphatic carbocycles. The third kappa shape index (κ3) is 3.92. The molecule has 2 aromatic rings. The van der Waals surface area contributed by atoms with E-state index < -0.39 is 0 Å². The van der Waals surface area contributed by atoms with Gasteiger partial charge < -0.3 is 10.1 Å². The largest absolute Gasteiger partial charge is 0.495 e. The molecule has 6 nitrogen and oxygen atoms in total. The number of aryl methyl sites for hydroxylation is 2. The number of methoxy groups -OCH3 is 1. The molecule has 1 amide bonds. The maximum atomic E-state index is 12.3. The van der Waals surface area contributed by atoms with E-state index in [-0.39, 0.29) is 11.2 Å². The number of carbonyl (C=O) groups excluding carboxylic acids is 1. The second kappa shape index (κ2) is 7.02. The lowest BCUT2D eigenvalue weighted by molar-refractivity contribution is -0.115. The Morgan fingerprint density at radius 3 is 2.77 bits per heavy atom. The Kier molecular flexibility index (Phi) is 5.31. The molecule has 0 fully saturated rings. The van der Waals surface area contributed by atoms with Crippen LogP contribution in [0.5, 0.6) is 5.75 Å². The molecule has 1 heterocycles. The van der Waals surface area contributed by atoms with Crippen LogP contribution in [0.2, 0.25) is 5.02 Å². The number of nitrogens with zero attached hydrogens (tertiary/aromatic N) is 2. The van der Waals surface area contributed by atoms with Gasteiger partial charge >= 0.3 is 0 Å². The zero-order valence-electron chi connectivity index (χ0n) is 12.7. The summed E-state index contributed by atoms with van der Waals surface area (Å²) in [6.07, 6.45) is 0.